The standard InChI is InChI=1S/C25H23FN2O2S/c1-17(30-20-7-3-2-4-8-20)25(29)27-15-16-31-24-21-9-5-6-10-22(21)28-23(24)18-11-13-19(26)14-12-18/h2-14,17,28H,15-16H2,1H3,(H,27,29)/t17-/m1/s1. The molecule has 0 saturated carbocycles. The quantitative estimate of drug-likeness (QED) is 0.278. The number of rotatable bonds is 8. The minimum Gasteiger partial charge on any atom is -0.481 e. The highest BCUT2D eigenvalue weighted by Crippen LogP contribution is 2.37. The molecule has 0 fully saturated rings. The molecule has 4 aromatic rings. The van der Waals surface area contributed by atoms with Gasteiger partial charge in [-0.15, -0.1) is 11.8 Å². The largest absolute Gasteiger partial charge is 0.481 e. The van der Waals surface area contributed by atoms with Crippen molar-refractivity contribution >= 4 is 28.6 Å². The van der Waals surface area contributed by atoms with Crippen LogP contribution in [0.1, 0.15) is 6.92 Å². The van der Waals surface area contributed by atoms with Gasteiger partial charge in [0.05, 0.1) is 5.69 Å². The molecule has 0 aliphatic heterocycles. The van der Waals surface area contributed by atoms with E-state index >= 15 is 0 Å². The van der Waals surface area contributed by atoms with Crippen LogP contribution < -0.4 is 10.1 Å². The number of carbonyl (C=O) groups is 1. The van der Waals surface area contributed by atoms with Crippen molar-refractivity contribution < 1.29 is 13.9 Å². The molecular weight excluding hydrogens is 411 g/mol. The zero-order valence-electron chi connectivity index (χ0n) is 17.1. The Kier molecular flexibility index (Phi) is 6.57. The van der Waals surface area contributed by atoms with Gasteiger partial charge >= 0.3 is 0 Å². The second-order valence-electron chi connectivity index (χ2n) is 7.09. The van der Waals surface area contributed by atoms with E-state index in [-0.39, 0.29) is 11.7 Å². The molecule has 0 saturated heterocycles. The van der Waals surface area contributed by atoms with Gasteiger partial charge in [-0.25, -0.2) is 4.39 Å². The van der Waals surface area contributed by atoms with Crippen LogP contribution in [0, 0.1) is 5.82 Å². The van der Waals surface area contributed by atoms with Crippen LogP contribution in [0.4, 0.5) is 4.39 Å². The second kappa shape index (κ2) is 9.71. The molecule has 0 unspecified atom stereocenters. The molecule has 0 bridgehead atoms. The number of halogens is 1. The summed E-state index contributed by atoms with van der Waals surface area (Å²) in [5.41, 5.74) is 2.91. The number of amides is 1. The van der Waals surface area contributed by atoms with Gasteiger partial charge in [0.15, 0.2) is 6.10 Å². The summed E-state index contributed by atoms with van der Waals surface area (Å²) in [7, 11) is 0. The molecule has 0 spiro atoms. The fourth-order valence-electron chi connectivity index (χ4n) is 3.31. The minimum absolute atomic E-state index is 0.151. The average Bonchev–Trinajstić information content (AvgIpc) is 3.16. The third-order valence-electron chi connectivity index (χ3n) is 4.86. The summed E-state index contributed by atoms with van der Waals surface area (Å²) in [6.07, 6.45) is -0.574. The van der Waals surface area contributed by atoms with Crippen molar-refractivity contribution in [1.29, 1.82) is 0 Å². The molecule has 1 aromatic heterocycles. The first-order valence-corrected chi connectivity index (χ1v) is 11.1. The maximum absolute atomic E-state index is 13.4. The Hall–Kier alpha value is -3.25. The summed E-state index contributed by atoms with van der Waals surface area (Å²) >= 11 is 1.66. The molecule has 4 rings (SSSR count). The number of fused-ring (bicyclic) bond motifs is 1. The zero-order valence-corrected chi connectivity index (χ0v) is 17.9. The maximum Gasteiger partial charge on any atom is 0.260 e. The SMILES string of the molecule is C[C@@H](Oc1ccccc1)C(=O)NCCSc1c(-c2ccc(F)cc2)[nH]c2ccccc12. The molecule has 1 heterocycles. The number of H-pyrrole nitrogens is 1. The minimum atomic E-state index is -0.574. The van der Waals surface area contributed by atoms with Crippen molar-refractivity contribution in [3.63, 3.8) is 0 Å². The maximum atomic E-state index is 13.4. The van der Waals surface area contributed by atoms with E-state index in [0.717, 1.165) is 27.1 Å². The van der Waals surface area contributed by atoms with Crippen LogP contribution in [0.25, 0.3) is 22.2 Å². The van der Waals surface area contributed by atoms with Gasteiger partial charge in [0, 0.05) is 28.1 Å². The van der Waals surface area contributed by atoms with Gasteiger partial charge in [0.2, 0.25) is 0 Å². The predicted octanol–water partition coefficient (Wildman–Crippen LogP) is 5.65. The molecule has 1 amide bonds. The second-order valence-corrected chi connectivity index (χ2v) is 8.20. The van der Waals surface area contributed by atoms with E-state index < -0.39 is 6.10 Å². The lowest BCUT2D eigenvalue weighted by molar-refractivity contribution is -0.127. The highest BCUT2D eigenvalue weighted by Gasteiger charge is 2.16. The van der Waals surface area contributed by atoms with Crippen LogP contribution in [0.2, 0.25) is 0 Å². The molecule has 31 heavy (non-hydrogen) atoms. The van der Waals surface area contributed by atoms with E-state index in [0.29, 0.717) is 18.0 Å². The molecule has 0 radical (unpaired) electrons. The Labute approximate surface area is 184 Å². The first kappa shape index (κ1) is 21.0. The first-order chi connectivity index (χ1) is 15.1. The van der Waals surface area contributed by atoms with E-state index in [1.165, 1.54) is 12.1 Å². The van der Waals surface area contributed by atoms with E-state index in [9.17, 15) is 9.18 Å². The normalized spacial score (nSPS) is 11.9. The number of aromatic nitrogens is 1. The van der Waals surface area contributed by atoms with E-state index in [1.807, 2.05) is 48.5 Å². The lowest BCUT2D eigenvalue weighted by Crippen LogP contribution is -2.37. The molecule has 3 aromatic carbocycles. The van der Waals surface area contributed by atoms with Crippen molar-refractivity contribution in [2.24, 2.45) is 0 Å². The van der Waals surface area contributed by atoms with Crippen LogP contribution in [-0.4, -0.2) is 29.3 Å². The fourth-order valence-corrected chi connectivity index (χ4v) is 4.37. The summed E-state index contributed by atoms with van der Waals surface area (Å²) in [6, 6.07) is 23.8. The molecule has 0 aliphatic carbocycles. The van der Waals surface area contributed by atoms with Crippen LogP contribution >= 0.6 is 11.8 Å². The molecule has 2 N–H and O–H groups in total. The summed E-state index contributed by atoms with van der Waals surface area (Å²) < 4.78 is 19.0. The summed E-state index contributed by atoms with van der Waals surface area (Å²) in [6.45, 7) is 2.25. The third-order valence-corrected chi connectivity index (χ3v) is 5.99. The number of hydrogen-bond acceptors (Lipinski definition) is 3. The van der Waals surface area contributed by atoms with Crippen molar-refractivity contribution in [3.05, 3.63) is 84.7 Å². The number of nitrogens with one attached hydrogen (secondary N) is 2. The lowest BCUT2D eigenvalue weighted by atomic mass is 10.1. The zero-order chi connectivity index (χ0) is 21.6. The van der Waals surface area contributed by atoms with Crippen LogP contribution in [0.15, 0.2) is 83.8 Å². The Bertz CT molecular complexity index is 1160. The average molecular weight is 435 g/mol. The molecule has 158 valence electrons. The Morgan fingerprint density at radius 3 is 2.52 bits per heavy atom. The summed E-state index contributed by atoms with van der Waals surface area (Å²) in [5.74, 6) is 0.952. The number of thioether (sulfide) groups is 1. The number of ether oxygens (including phenoxy) is 1. The van der Waals surface area contributed by atoms with Gasteiger partial charge < -0.3 is 15.0 Å². The van der Waals surface area contributed by atoms with Crippen LogP contribution in [0.3, 0.4) is 0 Å². The Morgan fingerprint density at radius 2 is 1.74 bits per heavy atom. The van der Waals surface area contributed by atoms with Crippen molar-refractivity contribution in [2.45, 2.75) is 17.9 Å². The molecule has 0 aliphatic rings. The highest BCUT2D eigenvalue weighted by atomic mass is 32.2. The van der Waals surface area contributed by atoms with Gasteiger partial charge in [-0.2, -0.15) is 0 Å². The summed E-state index contributed by atoms with van der Waals surface area (Å²) in [5, 5.41) is 4.05. The van der Waals surface area contributed by atoms with E-state index in [1.54, 1.807) is 30.8 Å². The number of benzene rings is 3. The molecular formula is C25H23FN2O2S. The summed E-state index contributed by atoms with van der Waals surface area (Å²) in [4.78, 5) is 16.9. The first-order valence-electron chi connectivity index (χ1n) is 10.1. The van der Waals surface area contributed by atoms with E-state index in [2.05, 4.69) is 16.4 Å². The molecule has 1 atom stereocenters. The Balaban J connectivity index is 1.40. The smallest absolute Gasteiger partial charge is 0.260 e. The van der Waals surface area contributed by atoms with Gasteiger partial charge in [-0.3, -0.25) is 4.79 Å². The van der Waals surface area contributed by atoms with Gasteiger partial charge in [-0.1, -0.05) is 36.4 Å². The van der Waals surface area contributed by atoms with Gasteiger partial charge in [-0.05, 0) is 55.0 Å². The van der Waals surface area contributed by atoms with Crippen LogP contribution in [0.5, 0.6) is 5.75 Å². The third kappa shape index (κ3) is 5.09. The number of hydrogen-bond donors (Lipinski definition) is 2. The van der Waals surface area contributed by atoms with Crippen LogP contribution in [-0.2, 0) is 4.79 Å². The number of carbonyl (C=O) groups excluding carboxylic acids is 1. The highest BCUT2D eigenvalue weighted by molar-refractivity contribution is 7.99. The van der Waals surface area contributed by atoms with Crippen molar-refractivity contribution in [1.82, 2.24) is 10.3 Å². The monoisotopic (exact) mass is 434 g/mol. The van der Waals surface area contributed by atoms with Crippen molar-refractivity contribution in [3.8, 4) is 17.0 Å². The molecule has 6 heteroatoms. The van der Waals surface area contributed by atoms with E-state index in [4.69, 9.17) is 4.74 Å². The van der Waals surface area contributed by atoms with Crippen molar-refractivity contribution in [2.75, 3.05) is 12.3 Å². The molecule has 4 nitrogen and oxygen atoms in total. The topological polar surface area (TPSA) is 54.1 Å². The fraction of sp³-hybridized carbons (Fsp3) is 0.160. The van der Waals surface area contributed by atoms with Gasteiger partial charge in [0.25, 0.3) is 5.91 Å². The van der Waals surface area contributed by atoms with Gasteiger partial charge in [0.1, 0.15) is 11.6 Å². The Morgan fingerprint density at radius 1 is 1.03 bits per heavy atom. The predicted molar refractivity (Wildman–Crippen MR) is 124 cm³/mol. The number of para-hydroxylation sites is 2. The number of aromatic amines is 1. The lowest BCUT2D eigenvalue weighted by Gasteiger charge is -2.14.